The Morgan fingerprint density at radius 2 is 2.10 bits per heavy atom. The fourth-order valence-electron chi connectivity index (χ4n) is 2.79. The molecule has 2 rings (SSSR count). The standard InChI is InChI=1S/C16H23FN2O2/c1-12-8-13(10-15(17)9-12)11-18-4-7-19-5-2-14(3-6-19)16(20)21/h8-10,14,18H,2-7,11H2,1H3,(H,20,21). The van der Waals surface area contributed by atoms with Gasteiger partial charge in [-0.3, -0.25) is 4.79 Å². The molecule has 1 saturated heterocycles. The van der Waals surface area contributed by atoms with E-state index >= 15 is 0 Å². The molecule has 5 heteroatoms. The fourth-order valence-corrected chi connectivity index (χ4v) is 2.79. The molecule has 0 aliphatic carbocycles. The Kier molecular flexibility index (Phi) is 5.70. The van der Waals surface area contributed by atoms with Gasteiger partial charge in [-0.25, -0.2) is 4.39 Å². The normalized spacial score (nSPS) is 17.0. The van der Waals surface area contributed by atoms with Crippen molar-refractivity contribution in [2.24, 2.45) is 5.92 Å². The fraction of sp³-hybridized carbons (Fsp3) is 0.562. The number of likely N-dealkylation sites (tertiary alicyclic amines) is 1. The van der Waals surface area contributed by atoms with Crippen molar-refractivity contribution in [2.45, 2.75) is 26.3 Å². The second kappa shape index (κ2) is 7.52. The molecule has 116 valence electrons. The molecule has 1 aromatic rings. The van der Waals surface area contributed by atoms with Gasteiger partial charge in [-0.05, 0) is 56.1 Å². The minimum Gasteiger partial charge on any atom is -0.481 e. The van der Waals surface area contributed by atoms with Crippen LogP contribution in [0.5, 0.6) is 0 Å². The number of nitrogens with zero attached hydrogens (tertiary/aromatic N) is 1. The summed E-state index contributed by atoms with van der Waals surface area (Å²) in [4.78, 5) is 13.2. The molecule has 1 aliphatic rings. The van der Waals surface area contributed by atoms with Crippen molar-refractivity contribution in [1.29, 1.82) is 0 Å². The van der Waals surface area contributed by atoms with Crippen LogP contribution in [0.4, 0.5) is 4.39 Å². The van der Waals surface area contributed by atoms with E-state index in [2.05, 4.69) is 10.2 Å². The maximum absolute atomic E-state index is 13.2. The van der Waals surface area contributed by atoms with Crippen LogP contribution in [0.15, 0.2) is 18.2 Å². The molecular formula is C16H23FN2O2. The van der Waals surface area contributed by atoms with Gasteiger partial charge >= 0.3 is 5.97 Å². The molecular weight excluding hydrogens is 271 g/mol. The van der Waals surface area contributed by atoms with Gasteiger partial charge in [0.05, 0.1) is 5.92 Å². The Morgan fingerprint density at radius 1 is 1.38 bits per heavy atom. The van der Waals surface area contributed by atoms with Crippen LogP contribution in [0.2, 0.25) is 0 Å². The number of aryl methyl sites for hydroxylation is 1. The van der Waals surface area contributed by atoms with Crippen LogP contribution >= 0.6 is 0 Å². The highest BCUT2D eigenvalue weighted by Crippen LogP contribution is 2.16. The van der Waals surface area contributed by atoms with Crippen molar-refractivity contribution in [1.82, 2.24) is 10.2 Å². The first-order valence-electron chi connectivity index (χ1n) is 7.46. The number of carbonyl (C=O) groups is 1. The summed E-state index contributed by atoms with van der Waals surface area (Å²) in [5.41, 5.74) is 1.89. The van der Waals surface area contributed by atoms with Crippen molar-refractivity contribution in [3.63, 3.8) is 0 Å². The van der Waals surface area contributed by atoms with E-state index in [0.29, 0.717) is 6.54 Å². The quantitative estimate of drug-likeness (QED) is 0.788. The number of carboxylic acids is 1. The SMILES string of the molecule is Cc1cc(F)cc(CNCCN2CCC(C(=O)O)CC2)c1. The third-order valence-electron chi connectivity index (χ3n) is 3.97. The van der Waals surface area contributed by atoms with Crippen LogP contribution in [0.3, 0.4) is 0 Å². The molecule has 4 nitrogen and oxygen atoms in total. The summed E-state index contributed by atoms with van der Waals surface area (Å²) >= 11 is 0. The Bertz CT molecular complexity index is 465. The van der Waals surface area contributed by atoms with Crippen LogP contribution < -0.4 is 5.32 Å². The number of aliphatic carboxylic acids is 1. The Balaban J connectivity index is 1.65. The topological polar surface area (TPSA) is 52.6 Å². The van der Waals surface area contributed by atoms with Gasteiger partial charge in [-0.15, -0.1) is 0 Å². The van der Waals surface area contributed by atoms with E-state index in [1.807, 2.05) is 13.0 Å². The summed E-state index contributed by atoms with van der Waals surface area (Å²) < 4.78 is 13.2. The molecule has 1 heterocycles. The van der Waals surface area contributed by atoms with Gasteiger partial charge < -0.3 is 15.3 Å². The molecule has 0 atom stereocenters. The maximum Gasteiger partial charge on any atom is 0.306 e. The molecule has 1 aromatic carbocycles. The van der Waals surface area contributed by atoms with Gasteiger partial charge in [-0.2, -0.15) is 0 Å². The molecule has 0 radical (unpaired) electrons. The Morgan fingerprint density at radius 3 is 2.71 bits per heavy atom. The summed E-state index contributed by atoms with van der Waals surface area (Å²) in [6.07, 6.45) is 1.47. The largest absolute Gasteiger partial charge is 0.481 e. The minimum atomic E-state index is -0.672. The van der Waals surface area contributed by atoms with E-state index in [1.165, 1.54) is 6.07 Å². The van der Waals surface area contributed by atoms with E-state index in [4.69, 9.17) is 5.11 Å². The number of halogens is 1. The third kappa shape index (κ3) is 5.10. The van der Waals surface area contributed by atoms with Crippen molar-refractivity contribution in [2.75, 3.05) is 26.2 Å². The molecule has 0 bridgehead atoms. The molecule has 2 N–H and O–H groups in total. The van der Waals surface area contributed by atoms with Crippen molar-refractivity contribution >= 4 is 5.97 Å². The summed E-state index contributed by atoms with van der Waals surface area (Å²) in [5.74, 6) is -1.04. The molecule has 0 unspecified atom stereocenters. The van der Waals surface area contributed by atoms with Crippen LogP contribution in [0.1, 0.15) is 24.0 Å². The summed E-state index contributed by atoms with van der Waals surface area (Å²) in [6.45, 7) is 5.97. The number of piperidine rings is 1. The van der Waals surface area contributed by atoms with E-state index in [9.17, 15) is 9.18 Å². The number of hydrogen-bond acceptors (Lipinski definition) is 3. The van der Waals surface area contributed by atoms with Crippen LogP contribution in [0.25, 0.3) is 0 Å². The Labute approximate surface area is 125 Å². The summed E-state index contributed by atoms with van der Waals surface area (Å²) in [6, 6.07) is 5.06. The summed E-state index contributed by atoms with van der Waals surface area (Å²) in [7, 11) is 0. The number of nitrogens with one attached hydrogen (secondary N) is 1. The summed E-state index contributed by atoms with van der Waals surface area (Å²) in [5, 5.41) is 12.3. The van der Waals surface area contributed by atoms with Crippen LogP contribution in [0, 0.1) is 18.7 Å². The minimum absolute atomic E-state index is 0.176. The lowest BCUT2D eigenvalue weighted by molar-refractivity contribution is -0.143. The zero-order valence-corrected chi connectivity index (χ0v) is 12.4. The van der Waals surface area contributed by atoms with E-state index in [1.54, 1.807) is 6.07 Å². The molecule has 0 spiro atoms. The zero-order valence-electron chi connectivity index (χ0n) is 12.4. The second-order valence-corrected chi connectivity index (χ2v) is 5.77. The second-order valence-electron chi connectivity index (χ2n) is 5.77. The monoisotopic (exact) mass is 294 g/mol. The van der Waals surface area contributed by atoms with E-state index in [0.717, 1.165) is 50.1 Å². The lowest BCUT2D eigenvalue weighted by Crippen LogP contribution is -2.39. The van der Waals surface area contributed by atoms with Gasteiger partial charge in [-0.1, -0.05) is 6.07 Å². The molecule has 1 aliphatic heterocycles. The average molecular weight is 294 g/mol. The zero-order chi connectivity index (χ0) is 15.2. The molecule has 0 aromatic heterocycles. The first-order chi connectivity index (χ1) is 10.0. The van der Waals surface area contributed by atoms with E-state index < -0.39 is 5.97 Å². The Hall–Kier alpha value is -1.46. The van der Waals surface area contributed by atoms with Crippen LogP contribution in [-0.4, -0.2) is 42.2 Å². The number of rotatable bonds is 6. The molecule has 1 fully saturated rings. The predicted octanol–water partition coefficient (Wildman–Crippen LogP) is 2.02. The molecule has 0 amide bonds. The average Bonchev–Trinajstić information content (AvgIpc) is 2.43. The highest BCUT2D eigenvalue weighted by atomic mass is 19.1. The predicted molar refractivity (Wildman–Crippen MR) is 79.6 cm³/mol. The number of hydrogen-bond donors (Lipinski definition) is 2. The number of carboxylic acid groups (broad SMARTS) is 1. The van der Waals surface area contributed by atoms with Gasteiger partial charge in [0, 0.05) is 19.6 Å². The van der Waals surface area contributed by atoms with Crippen molar-refractivity contribution in [3.8, 4) is 0 Å². The maximum atomic E-state index is 13.2. The molecule has 0 saturated carbocycles. The lowest BCUT2D eigenvalue weighted by atomic mass is 9.97. The third-order valence-corrected chi connectivity index (χ3v) is 3.97. The smallest absolute Gasteiger partial charge is 0.306 e. The van der Waals surface area contributed by atoms with Gasteiger partial charge in [0.15, 0.2) is 0 Å². The van der Waals surface area contributed by atoms with Crippen molar-refractivity contribution in [3.05, 3.63) is 35.1 Å². The molecule has 21 heavy (non-hydrogen) atoms. The first-order valence-corrected chi connectivity index (χ1v) is 7.46. The lowest BCUT2D eigenvalue weighted by Gasteiger charge is -2.29. The van der Waals surface area contributed by atoms with Crippen molar-refractivity contribution < 1.29 is 14.3 Å². The first kappa shape index (κ1) is 15.9. The highest BCUT2D eigenvalue weighted by Gasteiger charge is 2.23. The van der Waals surface area contributed by atoms with Gasteiger partial charge in [0.1, 0.15) is 5.82 Å². The number of benzene rings is 1. The highest BCUT2D eigenvalue weighted by molar-refractivity contribution is 5.70. The van der Waals surface area contributed by atoms with Gasteiger partial charge in [0.25, 0.3) is 0 Å². The van der Waals surface area contributed by atoms with E-state index in [-0.39, 0.29) is 11.7 Å². The van der Waals surface area contributed by atoms with Crippen LogP contribution in [-0.2, 0) is 11.3 Å². The van der Waals surface area contributed by atoms with Gasteiger partial charge in [0.2, 0.25) is 0 Å².